The van der Waals surface area contributed by atoms with Crippen molar-refractivity contribution in [2.24, 2.45) is 0 Å². The van der Waals surface area contributed by atoms with Crippen molar-refractivity contribution in [3.05, 3.63) is 140 Å². The predicted molar refractivity (Wildman–Crippen MR) is 178 cm³/mol. The second-order valence-electron chi connectivity index (χ2n) is 10.6. The smallest absolute Gasteiger partial charge is 0.235 e. The van der Waals surface area contributed by atoms with Crippen LogP contribution in [0.15, 0.2) is 140 Å². The second-order valence-corrected chi connectivity index (χ2v) is 11.7. The van der Waals surface area contributed by atoms with Gasteiger partial charge in [0.15, 0.2) is 0 Å². The molecule has 0 N–H and O–H groups in total. The minimum Gasteiger partial charge on any atom is -0.276 e. The number of aromatic nitrogens is 3. The van der Waals surface area contributed by atoms with E-state index >= 15 is 0 Å². The normalized spacial score (nSPS) is 11.8. The van der Waals surface area contributed by atoms with Crippen LogP contribution in [-0.4, -0.2) is 14.5 Å². The van der Waals surface area contributed by atoms with E-state index in [4.69, 9.17) is 9.97 Å². The summed E-state index contributed by atoms with van der Waals surface area (Å²) in [7, 11) is 0. The number of hydrogen-bond donors (Lipinski definition) is 0. The Morgan fingerprint density at radius 2 is 1.17 bits per heavy atom. The molecule has 3 aromatic heterocycles. The van der Waals surface area contributed by atoms with Gasteiger partial charge in [-0.25, -0.2) is 9.97 Å². The van der Waals surface area contributed by atoms with Gasteiger partial charge in [0.2, 0.25) is 5.95 Å². The molecule has 0 atom stereocenters. The van der Waals surface area contributed by atoms with Gasteiger partial charge in [-0.15, -0.1) is 11.3 Å². The van der Waals surface area contributed by atoms with Gasteiger partial charge < -0.3 is 0 Å². The van der Waals surface area contributed by atoms with Gasteiger partial charge in [0.05, 0.1) is 26.9 Å². The summed E-state index contributed by atoms with van der Waals surface area (Å²) < 4.78 is 4.83. The van der Waals surface area contributed by atoms with Crippen molar-refractivity contribution in [1.29, 1.82) is 0 Å². The summed E-state index contributed by atoms with van der Waals surface area (Å²) >= 11 is 1.84. The minimum absolute atomic E-state index is 0.685. The van der Waals surface area contributed by atoms with Gasteiger partial charge in [0, 0.05) is 37.2 Å². The summed E-state index contributed by atoms with van der Waals surface area (Å²) in [6, 6.07) is 49.4. The van der Waals surface area contributed by atoms with Crippen LogP contribution in [0.3, 0.4) is 0 Å². The predicted octanol–water partition coefficient (Wildman–Crippen LogP) is 10.4. The zero-order valence-electron chi connectivity index (χ0n) is 22.5. The number of benzene rings is 6. The molecule has 0 aliphatic carbocycles. The summed E-state index contributed by atoms with van der Waals surface area (Å²) in [6.07, 6.45) is 0. The van der Waals surface area contributed by atoms with Crippen molar-refractivity contribution in [1.82, 2.24) is 14.5 Å². The van der Waals surface area contributed by atoms with E-state index in [0.29, 0.717) is 5.95 Å². The van der Waals surface area contributed by atoms with Crippen molar-refractivity contribution in [3.8, 4) is 28.3 Å². The van der Waals surface area contributed by atoms with Crippen LogP contribution >= 0.6 is 11.3 Å². The largest absolute Gasteiger partial charge is 0.276 e. The summed E-state index contributed by atoms with van der Waals surface area (Å²) in [6.45, 7) is 0. The Bertz CT molecular complexity index is 2460. The first-order chi connectivity index (χ1) is 20.8. The molecule has 0 unspecified atom stereocenters. The van der Waals surface area contributed by atoms with Crippen molar-refractivity contribution < 1.29 is 0 Å². The van der Waals surface area contributed by atoms with E-state index in [9.17, 15) is 0 Å². The maximum atomic E-state index is 5.31. The lowest BCUT2D eigenvalue weighted by molar-refractivity contribution is 1.02. The fourth-order valence-electron chi connectivity index (χ4n) is 6.28. The lowest BCUT2D eigenvalue weighted by Crippen LogP contribution is -2.03. The van der Waals surface area contributed by atoms with Crippen LogP contribution in [0.4, 0.5) is 0 Å². The molecule has 196 valence electrons. The van der Waals surface area contributed by atoms with Crippen LogP contribution < -0.4 is 0 Å². The molecule has 42 heavy (non-hydrogen) atoms. The first kappa shape index (κ1) is 23.4. The summed E-state index contributed by atoms with van der Waals surface area (Å²) in [5.41, 5.74) is 7.61. The number of hydrogen-bond acceptors (Lipinski definition) is 3. The summed E-state index contributed by atoms with van der Waals surface area (Å²) in [5.74, 6) is 0.685. The molecule has 0 aliphatic heterocycles. The highest BCUT2D eigenvalue weighted by Crippen LogP contribution is 2.43. The number of fused-ring (bicyclic) bond motifs is 8. The van der Waals surface area contributed by atoms with Crippen molar-refractivity contribution in [2.75, 3.05) is 0 Å². The standard InChI is InChI=1S/C38H23N3S/c1-3-11-24(12-4-1)26-19-22-33-31(23-26)28-20-21-29-27-15-8-10-18-34(27)42-37(29)36(28)41(33)38-39-32-17-9-7-16-30(32)35(40-38)25-13-5-2-6-14-25/h1-23H. The first-order valence-corrected chi connectivity index (χ1v) is 14.9. The molecular formula is C38H23N3S. The number of rotatable bonds is 3. The van der Waals surface area contributed by atoms with Crippen LogP contribution in [0.2, 0.25) is 0 Å². The quantitative estimate of drug-likeness (QED) is 0.218. The van der Waals surface area contributed by atoms with Gasteiger partial charge in [-0.05, 0) is 35.4 Å². The van der Waals surface area contributed by atoms with Gasteiger partial charge >= 0.3 is 0 Å². The number of nitrogens with zero attached hydrogens (tertiary/aromatic N) is 3. The van der Waals surface area contributed by atoms with Crippen molar-refractivity contribution >= 4 is 64.2 Å². The Labute approximate surface area is 246 Å². The molecular weight excluding hydrogens is 531 g/mol. The SMILES string of the molecule is c1ccc(-c2ccc3c(c2)c2ccc4c5ccccc5sc4c2n3-c2nc(-c3ccccc3)c3ccccc3n2)cc1. The summed E-state index contributed by atoms with van der Waals surface area (Å²) in [4.78, 5) is 10.5. The van der Waals surface area contributed by atoms with Crippen molar-refractivity contribution in [3.63, 3.8) is 0 Å². The highest BCUT2D eigenvalue weighted by molar-refractivity contribution is 7.26. The molecule has 9 rings (SSSR count). The average molecular weight is 554 g/mol. The average Bonchev–Trinajstić information content (AvgIpc) is 3.61. The van der Waals surface area contributed by atoms with Gasteiger partial charge in [0.1, 0.15) is 0 Å². The highest BCUT2D eigenvalue weighted by Gasteiger charge is 2.21. The Morgan fingerprint density at radius 3 is 2.00 bits per heavy atom. The Morgan fingerprint density at radius 1 is 0.476 bits per heavy atom. The molecule has 0 fully saturated rings. The van der Waals surface area contributed by atoms with E-state index in [1.165, 1.54) is 42.1 Å². The molecule has 0 amide bonds. The summed E-state index contributed by atoms with van der Waals surface area (Å²) in [5, 5.41) is 6.00. The molecule has 4 heteroatoms. The lowest BCUT2D eigenvalue weighted by Gasteiger charge is -2.12. The van der Waals surface area contributed by atoms with Crippen LogP contribution in [0.5, 0.6) is 0 Å². The molecule has 3 heterocycles. The van der Waals surface area contributed by atoms with E-state index in [0.717, 1.165) is 33.2 Å². The molecule has 0 radical (unpaired) electrons. The van der Waals surface area contributed by atoms with Crippen LogP contribution in [0.25, 0.3) is 81.2 Å². The van der Waals surface area contributed by atoms with Gasteiger partial charge in [-0.2, -0.15) is 0 Å². The van der Waals surface area contributed by atoms with E-state index < -0.39 is 0 Å². The molecule has 3 nitrogen and oxygen atoms in total. The van der Waals surface area contributed by atoms with Crippen LogP contribution in [0.1, 0.15) is 0 Å². The van der Waals surface area contributed by atoms with E-state index in [1.54, 1.807) is 0 Å². The van der Waals surface area contributed by atoms with Gasteiger partial charge in [-0.3, -0.25) is 4.57 Å². The third-order valence-electron chi connectivity index (χ3n) is 8.22. The van der Waals surface area contributed by atoms with E-state index in [2.05, 4.69) is 138 Å². The maximum Gasteiger partial charge on any atom is 0.235 e. The molecule has 0 saturated heterocycles. The highest BCUT2D eigenvalue weighted by atomic mass is 32.1. The van der Waals surface area contributed by atoms with Crippen LogP contribution in [-0.2, 0) is 0 Å². The monoisotopic (exact) mass is 553 g/mol. The molecule has 0 saturated carbocycles. The molecule has 0 spiro atoms. The second kappa shape index (κ2) is 9.10. The zero-order valence-corrected chi connectivity index (χ0v) is 23.3. The number of para-hydroxylation sites is 1. The Kier molecular flexibility index (Phi) is 5.07. The minimum atomic E-state index is 0.685. The molecule has 0 bridgehead atoms. The molecule has 0 aliphatic rings. The first-order valence-electron chi connectivity index (χ1n) is 14.1. The maximum absolute atomic E-state index is 5.31. The lowest BCUT2D eigenvalue weighted by atomic mass is 10.0. The molecule has 6 aromatic carbocycles. The Balaban J connectivity index is 1.44. The fourth-order valence-corrected chi connectivity index (χ4v) is 7.52. The van der Waals surface area contributed by atoms with Gasteiger partial charge in [-0.1, -0.05) is 115 Å². The van der Waals surface area contributed by atoms with Crippen LogP contribution in [0, 0.1) is 0 Å². The third-order valence-corrected chi connectivity index (χ3v) is 9.41. The number of thiophene rings is 1. The topological polar surface area (TPSA) is 30.7 Å². The zero-order chi connectivity index (χ0) is 27.6. The van der Waals surface area contributed by atoms with E-state index in [1.807, 2.05) is 17.4 Å². The van der Waals surface area contributed by atoms with E-state index in [-0.39, 0.29) is 0 Å². The third kappa shape index (κ3) is 3.46. The fraction of sp³-hybridized carbons (Fsp3) is 0. The molecule has 9 aromatic rings. The van der Waals surface area contributed by atoms with Gasteiger partial charge in [0.25, 0.3) is 0 Å². The Hall–Kier alpha value is -5.32. The van der Waals surface area contributed by atoms with Crippen molar-refractivity contribution in [2.45, 2.75) is 0 Å².